The molecule has 3 rings (SSSR count). The second kappa shape index (κ2) is 6.10. The molecule has 0 bridgehead atoms. The first-order chi connectivity index (χ1) is 9.33. The molecule has 2 nitrogen and oxygen atoms in total. The quantitative estimate of drug-likeness (QED) is 0.552. The van der Waals surface area contributed by atoms with Crippen molar-refractivity contribution in [2.24, 2.45) is 7.05 Å². The Labute approximate surface area is 125 Å². The van der Waals surface area contributed by atoms with Crippen LogP contribution in [0.25, 0.3) is 21.8 Å². The maximum Gasteiger partial charge on any atom is 0.214 e. The smallest absolute Gasteiger partial charge is 0.214 e. The highest BCUT2D eigenvalue weighted by Gasteiger charge is 2.16. The molecule has 3 heteroatoms. The fourth-order valence-corrected chi connectivity index (χ4v) is 2.67. The van der Waals surface area contributed by atoms with Crippen molar-refractivity contribution in [3.05, 3.63) is 48.5 Å². The lowest BCUT2D eigenvalue weighted by Crippen LogP contribution is -3.00. The molecule has 0 aliphatic carbocycles. The van der Waals surface area contributed by atoms with E-state index < -0.39 is 0 Å². The Morgan fingerprint density at radius 2 is 1.40 bits per heavy atom. The van der Waals surface area contributed by atoms with Gasteiger partial charge in [-0.15, -0.1) is 0 Å². The van der Waals surface area contributed by atoms with Gasteiger partial charge in [0.1, 0.15) is 7.05 Å². The van der Waals surface area contributed by atoms with Gasteiger partial charge < -0.3 is 17.7 Å². The molecule has 0 saturated carbocycles. The first-order valence-electron chi connectivity index (χ1n) is 6.86. The zero-order valence-electron chi connectivity index (χ0n) is 11.9. The predicted octanol–water partition coefficient (Wildman–Crippen LogP) is 0.643. The van der Waals surface area contributed by atoms with Crippen LogP contribution < -0.4 is 22.3 Å². The molecule has 0 aliphatic rings. The third-order valence-electron chi connectivity index (χ3n) is 3.62. The Morgan fingerprint density at radius 1 is 0.900 bits per heavy atom. The Bertz CT molecular complexity index is 680. The van der Waals surface area contributed by atoms with Crippen molar-refractivity contribution >= 4 is 27.5 Å². The molecule has 0 fully saturated rings. The van der Waals surface area contributed by atoms with Crippen LogP contribution in [0.3, 0.4) is 0 Å². The molecule has 0 aliphatic heterocycles. The number of halogens is 1. The molecule has 1 N–H and O–H groups in total. The maximum absolute atomic E-state index is 3.59. The molecule has 0 saturated heterocycles. The minimum atomic E-state index is 0. The van der Waals surface area contributed by atoms with E-state index in [4.69, 9.17) is 0 Å². The second-order valence-electron chi connectivity index (χ2n) is 4.90. The number of pyridine rings is 1. The molecule has 0 atom stereocenters. The SMILES string of the molecule is CCCNc1c2ccccc2[n+](C)c2ccccc12.[Cl-]. The fourth-order valence-electron chi connectivity index (χ4n) is 2.67. The van der Waals surface area contributed by atoms with Gasteiger partial charge in [-0.05, 0) is 18.6 Å². The Morgan fingerprint density at radius 3 is 1.90 bits per heavy atom. The van der Waals surface area contributed by atoms with Gasteiger partial charge in [-0.2, -0.15) is 4.57 Å². The summed E-state index contributed by atoms with van der Waals surface area (Å²) in [5.74, 6) is 0. The van der Waals surface area contributed by atoms with Crippen LogP contribution in [-0.4, -0.2) is 6.54 Å². The molecule has 0 radical (unpaired) electrons. The van der Waals surface area contributed by atoms with Crippen molar-refractivity contribution in [3.8, 4) is 0 Å². The van der Waals surface area contributed by atoms with E-state index >= 15 is 0 Å². The standard InChI is InChI=1S/C17H18N2.ClH/c1-3-12-18-17-13-8-4-6-10-15(13)19(2)16-11-7-5-9-14(16)17;/h4-11H,3,12H2,1-2H3;1H. The zero-order valence-corrected chi connectivity index (χ0v) is 12.6. The van der Waals surface area contributed by atoms with E-state index in [2.05, 4.69) is 72.4 Å². The number of aryl methyl sites for hydroxylation is 1. The highest BCUT2D eigenvalue weighted by molar-refractivity contribution is 6.04. The predicted molar refractivity (Wildman–Crippen MR) is 81.4 cm³/mol. The van der Waals surface area contributed by atoms with Crippen LogP contribution in [0.4, 0.5) is 5.69 Å². The largest absolute Gasteiger partial charge is 1.00 e. The van der Waals surface area contributed by atoms with Crippen LogP contribution in [0, 0.1) is 0 Å². The Hall–Kier alpha value is -1.80. The van der Waals surface area contributed by atoms with Crippen molar-refractivity contribution < 1.29 is 17.0 Å². The number of para-hydroxylation sites is 2. The van der Waals surface area contributed by atoms with E-state index in [9.17, 15) is 0 Å². The normalized spacial score (nSPS) is 10.5. The first-order valence-corrected chi connectivity index (χ1v) is 6.86. The third kappa shape index (κ3) is 2.32. The number of nitrogens with one attached hydrogen (secondary N) is 1. The molecule has 3 aromatic rings. The summed E-state index contributed by atoms with van der Waals surface area (Å²) >= 11 is 0. The molecule has 1 aromatic heterocycles. The summed E-state index contributed by atoms with van der Waals surface area (Å²) in [5, 5.41) is 6.17. The molecule has 0 unspecified atom stereocenters. The number of nitrogens with zero attached hydrogens (tertiary/aromatic N) is 1. The van der Waals surface area contributed by atoms with Crippen molar-refractivity contribution in [3.63, 3.8) is 0 Å². The Kier molecular flexibility index (Phi) is 4.46. The lowest BCUT2D eigenvalue weighted by atomic mass is 10.1. The van der Waals surface area contributed by atoms with E-state index in [0.717, 1.165) is 13.0 Å². The lowest BCUT2D eigenvalue weighted by Gasteiger charge is -2.11. The van der Waals surface area contributed by atoms with E-state index in [-0.39, 0.29) is 12.4 Å². The average Bonchev–Trinajstić information content (AvgIpc) is 2.47. The highest BCUT2D eigenvalue weighted by Crippen LogP contribution is 2.29. The van der Waals surface area contributed by atoms with Crippen molar-refractivity contribution in [1.29, 1.82) is 0 Å². The van der Waals surface area contributed by atoms with E-state index in [0.29, 0.717) is 0 Å². The minimum Gasteiger partial charge on any atom is -1.00 e. The monoisotopic (exact) mass is 286 g/mol. The van der Waals surface area contributed by atoms with Crippen molar-refractivity contribution in [2.45, 2.75) is 13.3 Å². The van der Waals surface area contributed by atoms with E-state index in [1.807, 2.05) is 0 Å². The maximum atomic E-state index is 3.59. The molecular formula is C17H19ClN2. The van der Waals surface area contributed by atoms with Gasteiger partial charge in [0.05, 0.1) is 16.5 Å². The van der Waals surface area contributed by atoms with Gasteiger partial charge in [0.25, 0.3) is 0 Å². The van der Waals surface area contributed by atoms with Crippen LogP contribution in [-0.2, 0) is 7.05 Å². The summed E-state index contributed by atoms with van der Waals surface area (Å²) in [5.41, 5.74) is 3.78. The lowest BCUT2D eigenvalue weighted by molar-refractivity contribution is -0.617. The van der Waals surface area contributed by atoms with Crippen LogP contribution in [0.1, 0.15) is 13.3 Å². The fraction of sp³-hybridized carbons (Fsp3) is 0.235. The van der Waals surface area contributed by atoms with Crippen LogP contribution in [0.2, 0.25) is 0 Å². The van der Waals surface area contributed by atoms with Gasteiger partial charge in [0.2, 0.25) is 11.0 Å². The van der Waals surface area contributed by atoms with Crippen LogP contribution in [0.15, 0.2) is 48.5 Å². The van der Waals surface area contributed by atoms with Gasteiger partial charge in [0, 0.05) is 18.7 Å². The van der Waals surface area contributed by atoms with Gasteiger partial charge in [-0.1, -0.05) is 31.2 Å². The topological polar surface area (TPSA) is 15.9 Å². The minimum absolute atomic E-state index is 0. The number of aromatic nitrogens is 1. The van der Waals surface area contributed by atoms with E-state index in [1.165, 1.54) is 27.5 Å². The van der Waals surface area contributed by atoms with Crippen LogP contribution >= 0.6 is 0 Å². The number of hydrogen-bond acceptors (Lipinski definition) is 1. The summed E-state index contributed by atoms with van der Waals surface area (Å²) in [6.45, 7) is 3.20. The molecule has 0 spiro atoms. The number of benzene rings is 2. The number of anilines is 1. The van der Waals surface area contributed by atoms with Gasteiger partial charge >= 0.3 is 0 Å². The first kappa shape index (κ1) is 14.6. The zero-order chi connectivity index (χ0) is 13.2. The molecule has 1 heterocycles. The number of hydrogen-bond donors (Lipinski definition) is 1. The van der Waals surface area contributed by atoms with Gasteiger partial charge in [-0.25, -0.2) is 0 Å². The summed E-state index contributed by atoms with van der Waals surface area (Å²) in [7, 11) is 2.13. The summed E-state index contributed by atoms with van der Waals surface area (Å²) in [6.07, 6.45) is 1.13. The van der Waals surface area contributed by atoms with E-state index in [1.54, 1.807) is 0 Å². The molecule has 2 aromatic carbocycles. The van der Waals surface area contributed by atoms with Gasteiger partial charge in [0.15, 0.2) is 0 Å². The third-order valence-corrected chi connectivity index (χ3v) is 3.62. The molecular weight excluding hydrogens is 268 g/mol. The molecule has 0 amide bonds. The van der Waals surface area contributed by atoms with Crippen molar-refractivity contribution in [1.82, 2.24) is 0 Å². The molecule has 20 heavy (non-hydrogen) atoms. The number of fused-ring (bicyclic) bond motifs is 2. The number of rotatable bonds is 3. The summed E-state index contributed by atoms with van der Waals surface area (Å²) in [4.78, 5) is 0. The van der Waals surface area contributed by atoms with Crippen LogP contribution in [0.5, 0.6) is 0 Å². The second-order valence-corrected chi connectivity index (χ2v) is 4.90. The summed E-state index contributed by atoms with van der Waals surface area (Å²) in [6, 6.07) is 17.2. The van der Waals surface area contributed by atoms with Gasteiger partial charge in [-0.3, -0.25) is 0 Å². The Balaban J connectivity index is 0.00000147. The average molecular weight is 287 g/mol. The highest BCUT2D eigenvalue weighted by atomic mass is 35.5. The summed E-state index contributed by atoms with van der Waals surface area (Å²) < 4.78 is 2.27. The van der Waals surface area contributed by atoms with Crippen molar-refractivity contribution in [2.75, 3.05) is 11.9 Å². The molecule has 104 valence electrons.